The van der Waals surface area contributed by atoms with Crippen LogP contribution in [0.1, 0.15) is 25.7 Å². The monoisotopic (exact) mass is 285 g/mol. The number of rotatable bonds is 5. The minimum Gasteiger partial charge on any atom is -0.395 e. The Kier molecular flexibility index (Phi) is 4.25. The Balaban J connectivity index is 2.02. The summed E-state index contributed by atoms with van der Waals surface area (Å²) < 4.78 is 0. The van der Waals surface area contributed by atoms with Crippen molar-refractivity contribution in [3.05, 3.63) is 30.5 Å². The zero-order valence-electron chi connectivity index (χ0n) is 12.5. The Morgan fingerprint density at radius 1 is 1.29 bits per heavy atom. The number of nitrogens with one attached hydrogen (secondary N) is 1. The molecule has 21 heavy (non-hydrogen) atoms. The van der Waals surface area contributed by atoms with Gasteiger partial charge in [-0.1, -0.05) is 25.0 Å². The summed E-state index contributed by atoms with van der Waals surface area (Å²) in [5.74, 6) is 0.933. The van der Waals surface area contributed by atoms with Gasteiger partial charge >= 0.3 is 0 Å². The lowest BCUT2D eigenvalue weighted by Crippen LogP contribution is -2.23. The van der Waals surface area contributed by atoms with Gasteiger partial charge in [0.25, 0.3) is 0 Å². The number of fused-ring (bicyclic) bond motifs is 1. The molecule has 1 aromatic heterocycles. The molecule has 0 amide bonds. The zero-order chi connectivity index (χ0) is 14.7. The lowest BCUT2D eigenvalue weighted by molar-refractivity contribution is 0.304. The van der Waals surface area contributed by atoms with Gasteiger partial charge in [-0.25, -0.2) is 4.98 Å². The topological polar surface area (TPSA) is 48.4 Å². The molecule has 1 aliphatic rings. The molecule has 1 aliphatic carbocycles. The van der Waals surface area contributed by atoms with Gasteiger partial charge < -0.3 is 15.3 Å². The van der Waals surface area contributed by atoms with Gasteiger partial charge in [-0.2, -0.15) is 0 Å². The molecule has 3 rings (SSSR count). The van der Waals surface area contributed by atoms with Crippen molar-refractivity contribution in [3.8, 4) is 0 Å². The maximum absolute atomic E-state index is 9.18. The molecular weight excluding hydrogens is 262 g/mol. The van der Waals surface area contributed by atoms with Crippen LogP contribution >= 0.6 is 0 Å². The third kappa shape index (κ3) is 2.95. The summed E-state index contributed by atoms with van der Waals surface area (Å²) in [5.41, 5.74) is 1.16. The number of hydrogen-bond donors (Lipinski definition) is 2. The summed E-state index contributed by atoms with van der Waals surface area (Å²) in [5, 5.41) is 15.2. The highest BCUT2D eigenvalue weighted by Gasteiger charge is 2.17. The van der Waals surface area contributed by atoms with Crippen molar-refractivity contribution in [2.75, 3.05) is 30.4 Å². The Morgan fingerprint density at radius 2 is 2.10 bits per heavy atom. The number of nitrogens with zero attached hydrogens (tertiary/aromatic N) is 2. The lowest BCUT2D eigenvalue weighted by atomic mass is 10.1. The zero-order valence-corrected chi connectivity index (χ0v) is 12.5. The van der Waals surface area contributed by atoms with Crippen molar-refractivity contribution < 1.29 is 5.11 Å². The van der Waals surface area contributed by atoms with E-state index in [2.05, 4.69) is 28.5 Å². The third-order valence-corrected chi connectivity index (χ3v) is 4.28. The van der Waals surface area contributed by atoms with E-state index in [1.165, 1.54) is 31.1 Å². The quantitative estimate of drug-likeness (QED) is 0.886. The van der Waals surface area contributed by atoms with E-state index in [1.54, 1.807) is 0 Å². The highest BCUT2D eigenvalue weighted by atomic mass is 16.3. The largest absolute Gasteiger partial charge is 0.395 e. The second-order valence-electron chi connectivity index (χ2n) is 5.81. The number of hydrogen-bond acceptors (Lipinski definition) is 4. The highest BCUT2D eigenvalue weighted by molar-refractivity contribution is 6.01. The van der Waals surface area contributed by atoms with Gasteiger partial charge in [0.2, 0.25) is 0 Å². The number of pyridine rings is 1. The smallest absolute Gasteiger partial charge is 0.138 e. The van der Waals surface area contributed by atoms with Gasteiger partial charge in [0.15, 0.2) is 0 Å². The Hall–Kier alpha value is -1.81. The van der Waals surface area contributed by atoms with Gasteiger partial charge in [-0.3, -0.25) is 0 Å². The molecule has 0 atom stereocenters. The van der Waals surface area contributed by atoms with Crippen LogP contribution in [0, 0.1) is 0 Å². The minimum atomic E-state index is 0.132. The van der Waals surface area contributed by atoms with E-state index in [1.807, 2.05) is 24.2 Å². The van der Waals surface area contributed by atoms with Crippen molar-refractivity contribution >= 4 is 22.3 Å². The molecule has 1 saturated carbocycles. The highest BCUT2D eigenvalue weighted by Crippen LogP contribution is 2.33. The summed E-state index contributed by atoms with van der Waals surface area (Å²) in [6.45, 7) is 0.719. The second-order valence-corrected chi connectivity index (χ2v) is 5.81. The van der Waals surface area contributed by atoms with Crippen LogP contribution in [0.3, 0.4) is 0 Å². The van der Waals surface area contributed by atoms with Crippen LogP contribution < -0.4 is 10.2 Å². The van der Waals surface area contributed by atoms with Crippen LogP contribution in [0.15, 0.2) is 30.5 Å². The van der Waals surface area contributed by atoms with Crippen LogP contribution in [0.4, 0.5) is 11.5 Å². The van der Waals surface area contributed by atoms with Crippen molar-refractivity contribution in [2.24, 2.45) is 0 Å². The van der Waals surface area contributed by atoms with E-state index in [-0.39, 0.29) is 6.61 Å². The lowest BCUT2D eigenvalue weighted by Gasteiger charge is -2.22. The van der Waals surface area contributed by atoms with Gasteiger partial charge in [-0.15, -0.1) is 0 Å². The van der Waals surface area contributed by atoms with Crippen molar-refractivity contribution in [1.82, 2.24) is 4.98 Å². The van der Waals surface area contributed by atoms with Gasteiger partial charge in [-0.05, 0) is 30.4 Å². The van der Waals surface area contributed by atoms with Crippen LogP contribution in [0.25, 0.3) is 10.8 Å². The molecule has 0 spiro atoms. The molecule has 0 radical (unpaired) electrons. The Bertz CT molecular complexity index is 603. The molecule has 2 N–H and O–H groups in total. The number of likely N-dealkylation sites (N-methyl/N-ethyl adjacent to an activating group) is 1. The van der Waals surface area contributed by atoms with Gasteiger partial charge in [0.05, 0.1) is 6.61 Å². The van der Waals surface area contributed by atoms with E-state index in [9.17, 15) is 5.11 Å². The van der Waals surface area contributed by atoms with E-state index in [0.29, 0.717) is 12.6 Å². The predicted molar refractivity (Wildman–Crippen MR) is 88.0 cm³/mol. The SMILES string of the molecule is CN(CCO)c1nccc2cccc(NC3CCCC3)c12. The molecule has 1 heterocycles. The maximum Gasteiger partial charge on any atom is 0.138 e. The predicted octanol–water partition coefficient (Wildman–Crippen LogP) is 3.02. The summed E-state index contributed by atoms with van der Waals surface area (Å²) in [6, 6.07) is 8.97. The number of anilines is 2. The first-order valence-electron chi connectivity index (χ1n) is 7.76. The molecule has 0 aliphatic heterocycles. The van der Waals surface area contributed by atoms with Crippen molar-refractivity contribution in [3.63, 3.8) is 0 Å². The fourth-order valence-corrected chi connectivity index (χ4v) is 3.17. The molecule has 1 aromatic carbocycles. The molecule has 4 heteroatoms. The average Bonchev–Trinajstić information content (AvgIpc) is 3.00. The van der Waals surface area contributed by atoms with E-state index >= 15 is 0 Å². The molecular formula is C17H23N3O. The third-order valence-electron chi connectivity index (χ3n) is 4.28. The van der Waals surface area contributed by atoms with Gasteiger partial charge in [0, 0.05) is 36.9 Å². The molecule has 0 unspecified atom stereocenters. The number of aromatic nitrogens is 1. The number of aliphatic hydroxyl groups is 1. The number of benzene rings is 1. The molecule has 1 fully saturated rings. The second kappa shape index (κ2) is 6.31. The molecule has 112 valence electrons. The normalized spacial score (nSPS) is 15.5. The molecule has 0 bridgehead atoms. The van der Waals surface area contributed by atoms with Crippen LogP contribution in [-0.2, 0) is 0 Å². The molecule has 0 saturated heterocycles. The molecule has 4 nitrogen and oxygen atoms in total. The van der Waals surface area contributed by atoms with E-state index < -0.39 is 0 Å². The maximum atomic E-state index is 9.18. The summed E-state index contributed by atoms with van der Waals surface area (Å²) >= 11 is 0. The van der Waals surface area contributed by atoms with Crippen LogP contribution in [0.5, 0.6) is 0 Å². The van der Waals surface area contributed by atoms with E-state index in [4.69, 9.17) is 0 Å². The minimum absolute atomic E-state index is 0.132. The fraction of sp³-hybridized carbons (Fsp3) is 0.471. The van der Waals surface area contributed by atoms with E-state index in [0.717, 1.165) is 16.9 Å². The molecule has 2 aromatic rings. The van der Waals surface area contributed by atoms with Crippen molar-refractivity contribution in [1.29, 1.82) is 0 Å². The van der Waals surface area contributed by atoms with Gasteiger partial charge in [0.1, 0.15) is 5.82 Å². The Morgan fingerprint density at radius 3 is 2.86 bits per heavy atom. The standard InChI is InChI=1S/C17H23N3O/c1-20(11-12-21)17-16-13(9-10-18-17)5-4-8-15(16)19-14-6-2-3-7-14/h4-5,8-10,14,19,21H,2-3,6-7,11-12H2,1H3. The summed E-state index contributed by atoms with van der Waals surface area (Å²) in [6.07, 6.45) is 6.97. The van der Waals surface area contributed by atoms with Crippen molar-refractivity contribution in [2.45, 2.75) is 31.7 Å². The first kappa shape index (κ1) is 14.1. The van der Waals surface area contributed by atoms with Crippen LogP contribution in [0.2, 0.25) is 0 Å². The van der Waals surface area contributed by atoms with Crippen LogP contribution in [-0.4, -0.2) is 36.3 Å². The average molecular weight is 285 g/mol. The first-order chi connectivity index (χ1) is 10.3. The first-order valence-corrected chi connectivity index (χ1v) is 7.76. The summed E-state index contributed by atoms with van der Waals surface area (Å²) in [4.78, 5) is 6.55. The number of aliphatic hydroxyl groups excluding tert-OH is 1. The summed E-state index contributed by atoms with van der Waals surface area (Å²) in [7, 11) is 1.98. The fourth-order valence-electron chi connectivity index (χ4n) is 3.17. The Labute approximate surface area is 125 Å².